The number of halogens is 1. The second-order valence-electron chi connectivity index (χ2n) is 4.49. The number of nitrogens with zero attached hydrogens (tertiary/aromatic N) is 3. The molecule has 0 aromatic carbocycles. The van der Waals surface area contributed by atoms with Crippen LogP contribution >= 0.6 is 27.3 Å². The van der Waals surface area contributed by atoms with Crippen LogP contribution in [0.25, 0.3) is 11.5 Å². The first-order valence-corrected chi connectivity index (χ1v) is 7.70. The van der Waals surface area contributed by atoms with Crippen molar-refractivity contribution in [3.8, 4) is 11.5 Å². The summed E-state index contributed by atoms with van der Waals surface area (Å²) in [5.74, 6) is 1.65. The Labute approximate surface area is 118 Å². The van der Waals surface area contributed by atoms with Crippen molar-refractivity contribution in [2.45, 2.75) is 31.6 Å². The topological polar surface area (TPSA) is 64.7 Å². The molecule has 0 unspecified atom stereocenters. The minimum absolute atomic E-state index is 0.502. The third-order valence-electron chi connectivity index (χ3n) is 3.31. The minimum Gasteiger partial charge on any atom is -0.383 e. The zero-order chi connectivity index (χ0) is 12.5. The van der Waals surface area contributed by atoms with E-state index in [1.54, 1.807) is 5.51 Å². The summed E-state index contributed by atoms with van der Waals surface area (Å²) < 4.78 is 0.855. The molecule has 0 aliphatic heterocycles. The summed E-state index contributed by atoms with van der Waals surface area (Å²) in [6, 6.07) is 0. The van der Waals surface area contributed by atoms with Crippen molar-refractivity contribution in [3.05, 3.63) is 21.1 Å². The van der Waals surface area contributed by atoms with E-state index in [-0.39, 0.29) is 0 Å². The molecule has 0 spiro atoms. The van der Waals surface area contributed by atoms with Gasteiger partial charge in [-0.05, 0) is 28.8 Å². The van der Waals surface area contributed by atoms with Gasteiger partial charge in [-0.3, -0.25) is 0 Å². The van der Waals surface area contributed by atoms with Gasteiger partial charge in [-0.25, -0.2) is 15.0 Å². The highest BCUT2D eigenvalue weighted by Gasteiger charge is 2.23. The highest BCUT2D eigenvalue weighted by molar-refractivity contribution is 9.10. The number of hydrogen-bond donors (Lipinski definition) is 1. The molecule has 0 amide bonds. The number of aromatic nitrogens is 3. The highest BCUT2D eigenvalue weighted by Crippen LogP contribution is 2.38. The molecule has 0 atom stereocenters. The zero-order valence-electron chi connectivity index (χ0n) is 9.77. The van der Waals surface area contributed by atoms with E-state index >= 15 is 0 Å². The molecule has 6 heteroatoms. The van der Waals surface area contributed by atoms with Crippen LogP contribution in [0.2, 0.25) is 0 Å². The van der Waals surface area contributed by atoms with Gasteiger partial charge < -0.3 is 5.73 Å². The first-order chi connectivity index (χ1) is 8.75. The van der Waals surface area contributed by atoms with E-state index in [0.29, 0.717) is 17.6 Å². The van der Waals surface area contributed by atoms with Gasteiger partial charge in [0.15, 0.2) is 5.82 Å². The summed E-state index contributed by atoms with van der Waals surface area (Å²) >= 11 is 5.06. The maximum Gasteiger partial charge on any atom is 0.181 e. The first kappa shape index (κ1) is 12.0. The predicted octanol–water partition coefficient (Wildman–Crippen LogP) is 3.60. The maximum absolute atomic E-state index is 5.97. The van der Waals surface area contributed by atoms with Gasteiger partial charge >= 0.3 is 0 Å². The fourth-order valence-corrected chi connectivity index (χ4v) is 3.42. The first-order valence-electron chi connectivity index (χ1n) is 5.97. The molecule has 2 N–H and O–H groups in total. The molecule has 1 fully saturated rings. The molecule has 0 bridgehead atoms. The molecule has 0 radical (unpaired) electrons. The van der Waals surface area contributed by atoms with Crippen LogP contribution in [-0.2, 0) is 0 Å². The highest BCUT2D eigenvalue weighted by atomic mass is 79.9. The monoisotopic (exact) mass is 324 g/mol. The minimum atomic E-state index is 0.502. The van der Waals surface area contributed by atoms with E-state index in [1.165, 1.54) is 37.0 Å². The van der Waals surface area contributed by atoms with Crippen LogP contribution in [0.5, 0.6) is 0 Å². The number of rotatable bonds is 2. The number of thiazole rings is 1. The molecular weight excluding hydrogens is 312 g/mol. The number of nitrogen functional groups attached to an aromatic ring is 1. The summed E-state index contributed by atoms with van der Waals surface area (Å²) in [7, 11) is 0. The Morgan fingerprint density at radius 3 is 2.72 bits per heavy atom. The van der Waals surface area contributed by atoms with Crippen molar-refractivity contribution < 1.29 is 0 Å². The van der Waals surface area contributed by atoms with Crippen molar-refractivity contribution in [1.29, 1.82) is 0 Å². The van der Waals surface area contributed by atoms with E-state index in [0.717, 1.165) is 15.9 Å². The van der Waals surface area contributed by atoms with E-state index in [1.807, 2.05) is 5.38 Å². The molecule has 1 saturated carbocycles. The molecule has 3 rings (SSSR count). The van der Waals surface area contributed by atoms with Crippen LogP contribution in [0.1, 0.15) is 37.3 Å². The van der Waals surface area contributed by atoms with Crippen LogP contribution in [0.3, 0.4) is 0 Å². The Hall–Kier alpha value is -1.01. The number of hydrogen-bond acceptors (Lipinski definition) is 5. The van der Waals surface area contributed by atoms with Gasteiger partial charge in [0.25, 0.3) is 0 Å². The van der Waals surface area contributed by atoms with Gasteiger partial charge in [0.1, 0.15) is 11.5 Å². The van der Waals surface area contributed by atoms with Crippen LogP contribution in [0.4, 0.5) is 5.82 Å². The molecule has 4 nitrogen and oxygen atoms in total. The largest absolute Gasteiger partial charge is 0.383 e. The third kappa shape index (κ3) is 2.14. The van der Waals surface area contributed by atoms with Gasteiger partial charge in [0.05, 0.1) is 15.7 Å². The smallest absolute Gasteiger partial charge is 0.181 e. The van der Waals surface area contributed by atoms with Gasteiger partial charge in [-0.15, -0.1) is 11.3 Å². The second kappa shape index (κ2) is 4.93. The molecule has 1 aliphatic rings. The SMILES string of the molecule is Nc1nc(-c2cscn2)nc(C2CCCC2)c1Br. The van der Waals surface area contributed by atoms with E-state index in [2.05, 4.69) is 30.9 Å². The summed E-state index contributed by atoms with van der Waals surface area (Å²) in [6.07, 6.45) is 4.91. The van der Waals surface area contributed by atoms with Crippen molar-refractivity contribution in [3.63, 3.8) is 0 Å². The van der Waals surface area contributed by atoms with Crippen molar-refractivity contribution in [1.82, 2.24) is 15.0 Å². The van der Waals surface area contributed by atoms with Gasteiger partial charge in [-0.2, -0.15) is 0 Å². The third-order valence-corrected chi connectivity index (χ3v) is 4.70. The maximum atomic E-state index is 5.97. The van der Waals surface area contributed by atoms with Crippen molar-refractivity contribution >= 4 is 33.1 Å². The van der Waals surface area contributed by atoms with Crippen molar-refractivity contribution in [2.24, 2.45) is 0 Å². The lowest BCUT2D eigenvalue weighted by molar-refractivity contribution is 0.691. The summed E-state index contributed by atoms with van der Waals surface area (Å²) in [5.41, 5.74) is 9.61. The Balaban J connectivity index is 2.07. The Morgan fingerprint density at radius 1 is 1.28 bits per heavy atom. The van der Waals surface area contributed by atoms with Gasteiger partial charge in [0, 0.05) is 11.3 Å². The second-order valence-corrected chi connectivity index (χ2v) is 6.00. The van der Waals surface area contributed by atoms with E-state index < -0.39 is 0 Å². The summed E-state index contributed by atoms with van der Waals surface area (Å²) in [6.45, 7) is 0. The van der Waals surface area contributed by atoms with E-state index in [9.17, 15) is 0 Å². The quantitative estimate of drug-likeness (QED) is 0.916. The molecule has 94 valence electrons. The number of anilines is 1. The average Bonchev–Trinajstić information content (AvgIpc) is 3.03. The van der Waals surface area contributed by atoms with Gasteiger partial charge in [-0.1, -0.05) is 12.8 Å². The number of nitrogens with two attached hydrogens (primary N) is 1. The lowest BCUT2D eigenvalue weighted by Gasteiger charge is -2.13. The molecule has 18 heavy (non-hydrogen) atoms. The fourth-order valence-electron chi connectivity index (χ4n) is 2.39. The molecule has 2 aromatic rings. The van der Waals surface area contributed by atoms with Crippen molar-refractivity contribution in [2.75, 3.05) is 5.73 Å². The standard InChI is InChI=1S/C12H13BrN4S/c13-9-10(7-3-1-2-4-7)16-12(17-11(9)14)8-5-18-6-15-8/h5-7H,1-4H2,(H2,14,16,17). The fraction of sp³-hybridized carbons (Fsp3) is 0.417. The average molecular weight is 325 g/mol. The summed E-state index contributed by atoms with van der Waals surface area (Å²) in [4.78, 5) is 13.2. The Kier molecular flexibility index (Phi) is 3.30. The normalized spacial score (nSPS) is 16.3. The molecule has 2 aromatic heterocycles. The molecule has 1 aliphatic carbocycles. The summed E-state index contributed by atoms with van der Waals surface area (Å²) in [5, 5.41) is 1.95. The zero-order valence-corrected chi connectivity index (χ0v) is 12.2. The predicted molar refractivity (Wildman–Crippen MR) is 76.5 cm³/mol. The van der Waals surface area contributed by atoms with Crippen LogP contribution in [0, 0.1) is 0 Å². The lowest BCUT2D eigenvalue weighted by atomic mass is 10.0. The van der Waals surface area contributed by atoms with E-state index in [4.69, 9.17) is 5.73 Å². The molecule has 2 heterocycles. The van der Waals surface area contributed by atoms with Crippen LogP contribution < -0.4 is 5.73 Å². The lowest BCUT2D eigenvalue weighted by Crippen LogP contribution is -2.06. The molecule has 0 saturated heterocycles. The van der Waals surface area contributed by atoms with Crippen LogP contribution in [-0.4, -0.2) is 15.0 Å². The Morgan fingerprint density at radius 2 is 2.06 bits per heavy atom. The Bertz CT molecular complexity index is 549. The van der Waals surface area contributed by atoms with Gasteiger partial charge in [0.2, 0.25) is 0 Å². The molecular formula is C12H13BrN4S. The van der Waals surface area contributed by atoms with Crippen LogP contribution in [0.15, 0.2) is 15.4 Å².